The molecule has 2 heterocycles. The van der Waals surface area contributed by atoms with Crippen LogP contribution in [0.4, 0.5) is 0 Å². The van der Waals surface area contributed by atoms with E-state index in [0.29, 0.717) is 0 Å². The summed E-state index contributed by atoms with van der Waals surface area (Å²) in [6.45, 7) is 17.4. The van der Waals surface area contributed by atoms with Crippen molar-refractivity contribution in [2.45, 2.75) is 55.4 Å². The Morgan fingerprint density at radius 1 is 0.400 bits per heavy atom. The minimum Gasteiger partial charge on any atom is -0.255 e. The van der Waals surface area contributed by atoms with Gasteiger partial charge in [-0.15, -0.1) is 0 Å². The van der Waals surface area contributed by atoms with Gasteiger partial charge in [0.2, 0.25) is 0 Å². The van der Waals surface area contributed by atoms with E-state index in [-0.39, 0.29) is 0 Å². The van der Waals surface area contributed by atoms with E-state index in [1.165, 1.54) is 77.2 Å². The molecule has 200 valence electrons. The van der Waals surface area contributed by atoms with E-state index >= 15 is 0 Å². The molecule has 0 bridgehead atoms. The van der Waals surface area contributed by atoms with Gasteiger partial charge in [0.1, 0.15) is 0 Å². The van der Waals surface area contributed by atoms with Crippen molar-refractivity contribution in [1.29, 1.82) is 0 Å². The van der Waals surface area contributed by atoms with Crippen LogP contribution in [0.25, 0.3) is 44.1 Å². The molecular formula is C38H38N2. The third-order valence-electron chi connectivity index (χ3n) is 8.51. The Bertz CT molecular complexity index is 1790. The summed E-state index contributed by atoms with van der Waals surface area (Å²) < 4.78 is 0. The van der Waals surface area contributed by atoms with Crippen molar-refractivity contribution in [2.24, 2.45) is 0 Å². The number of benzene rings is 4. The van der Waals surface area contributed by atoms with Gasteiger partial charge in [-0.3, -0.25) is 9.97 Å². The summed E-state index contributed by atoms with van der Waals surface area (Å²) in [5.41, 5.74) is 15.2. The van der Waals surface area contributed by atoms with E-state index in [0.717, 1.165) is 11.4 Å². The number of hydrogen-bond donors (Lipinski definition) is 0. The second-order valence-corrected chi connectivity index (χ2v) is 11.1. The van der Waals surface area contributed by atoms with Crippen LogP contribution in [0.3, 0.4) is 0 Å². The Morgan fingerprint density at radius 3 is 1.48 bits per heavy atom. The molecule has 0 aliphatic carbocycles. The van der Waals surface area contributed by atoms with Gasteiger partial charge in [0.25, 0.3) is 0 Å². The van der Waals surface area contributed by atoms with E-state index in [1.54, 1.807) is 0 Å². The monoisotopic (exact) mass is 522 g/mol. The first-order chi connectivity index (χ1) is 19.2. The first kappa shape index (κ1) is 27.3. The standard InChI is InChI=1S/2C19H19N/c1-12-9-14(3)18(10-13(12)2)19-15(4)17-8-6-5-7-16(17)11-20-19;1-12-9-10-18(14(3)13(12)2)19-15(4)17-8-6-5-7-16(17)11-20-19/h2*5-11H,1-4H3. The average Bonchev–Trinajstić information content (AvgIpc) is 2.96. The van der Waals surface area contributed by atoms with Crippen LogP contribution < -0.4 is 0 Å². The number of rotatable bonds is 2. The van der Waals surface area contributed by atoms with Crippen molar-refractivity contribution in [3.8, 4) is 22.5 Å². The quantitative estimate of drug-likeness (QED) is 0.226. The number of aromatic nitrogens is 2. The molecule has 6 aromatic rings. The molecule has 0 atom stereocenters. The van der Waals surface area contributed by atoms with Crippen LogP contribution >= 0.6 is 0 Å². The summed E-state index contributed by atoms with van der Waals surface area (Å²) in [6.07, 6.45) is 3.96. The van der Waals surface area contributed by atoms with Gasteiger partial charge in [-0.2, -0.15) is 0 Å². The molecule has 40 heavy (non-hydrogen) atoms. The van der Waals surface area contributed by atoms with Crippen LogP contribution in [0.5, 0.6) is 0 Å². The summed E-state index contributed by atoms with van der Waals surface area (Å²) >= 11 is 0. The molecule has 0 amide bonds. The number of nitrogens with zero attached hydrogens (tertiary/aromatic N) is 2. The molecule has 0 aliphatic heterocycles. The fourth-order valence-corrected chi connectivity index (χ4v) is 5.59. The van der Waals surface area contributed by atoms with Crippen LogP contribution in [0.2, 0.25) is 0 Å². The summed E-state index contributed by atoms with van der Waals surface area (Å²) in [5, 5.41) is 4.98. The van der Waals surface area contributed by atoms with Gasteiger partial charge in [-0.05, 0) is 117 Å². The fourth-order valence-electron chi connectivity index (χ4n) is 5.59. The summed E-state index contributed by atoms with van der Waals surface area (Å²) in [4.78, 5) is 9.42. The Kier molecular flexibility index (Phi) is 7.54. The number of aryl methyl sites for hydroxylation is 6. The second kappa shape index (κ2) is 11.1. The largest absolute Gasteiger partial charge is 0.255 e. The van der Waals surface area contributed by atoms with Crippen LogP contribution in [-0.2, 0) is 0 Å². The number of hydrogen-bond acceptors (Lipinski definition) is 2. The predicted octanol–water partition coefficient (Wildman–Crippen LogP) is 10.3. The maximum Gasteiger partial charge on any atom is 0.0740 e. The van der Waals surface area contributed by atoms with Gasteiger partial charge >= 0.3 is 0 Å². The molecule has 0 radical (unpaired) electrons. The van der Waals surface area contributed by atoms with E-state index in [2.05, 4.69) is 128 Å². The van der Waals surface area contributed by atoms with Gasteiger partial charge in [0, 0.05) is 34.3 Å². The number of pyridine rings is 2. The Labute approximate surface area is 238 Å². The van der Waals surface area contributed by atoms with Crippen LogP contribution in [0.1, 0.15) is 44.5 Å². The smallest absolute Gasteiger partial charge is 0.0740 e. The van der Waals surface area contributed by atoms with Crippen LogP contribution in [-0.4, -0.2) is 9.97 Å². The maximum atomic E-state index is 4.71. The van der Waals surface area contributed by atoms with E-state index < -0.39 is 0 Å². The average molecular weight is 523 g/mol. The van der Waals surface area contributed by atoms with Crippen molar-refractivity contribution in [2.75, 3.05) is 0 Å². The minimum absolute atomic E-state index is 1.10. The van der Waals surface area contributed by atoms with Crippen LogP contribution in [0, 0.1) is 55.4 Å². The Hall–Kier alpha value is -4.30. The third kappa shape index (κ3) is 5.02. The zero-order valence-electron chi connectivity index (χ0n) is 25.0. The number of fused-ring (bicyclic) bond motifs is 2. The zero-order chi connectivity index (χ0) is 28.6. The zero-order valence-corrected chi connectivity index (χ0v) is 25.0. The lowest BCUT2D eigenvalue weighted by Crippen LogP contribution is -1.95. The molecule has 0 saturated carbocycles. The first-order valence-electron chi connectivity index (χ1n) is 14.0. The van der Waals surface area contributed by atoms with Crippen molar-refractivity contribution in [3.63, 3.8) is 0 Å². The highest BCUT2D eigenvalue weighted by Gasteiger charge is 2.12. The van der Waals surface area contributed by atoms with Gasteiger partial charge in [0.15, 0.2) is 0 Å². The summed E-state index contributed by atoms with van der Waals surface area (Å²) in [6, 6.07) is 25.8. The normalized spacial score (nSPS) is 11.0. The van der Waals surface area contributed by atoms with Gasteiger partial charge in [-0.1, -0.05) is 66.7 Å². The molecule has 2 aromatic heterocycles. The van der Waals surface area contributed by atoms with Gasteiger partial charge < -0.3 is 0 Å². The highest BCUT2D eigenvalue weighted by atomic mass is 14.7. The molecule has 2 heteroatoms. The fraction of sp³-hybridized carbons (Fsp3) is 0.211. The SMILES string of the molecule is Cc1cc(C)c(-c2ncc3ccccc3c2C)cc1C.Cc1ccc(-c2ncc3ccccc3c2C)c(C)c1C. The van der Waals surface area contributed by atoms with Crippen molar-refractivity contribution < 1.29 is 0 Å². The Balaban J connectivity index is 0.000000161. The van der Waals surface area contributed by atoms with Crippen LogP contribution in [0.15, 0.2) is 85.2 Å². The molecule has 4 aromatic carbocycles. The van der Waals surface area contributed by atoms with E-state index in [4.69, 9.17) is 9.97 Å². The Morgan fingerprint density at radius 2 is 0.900 bits per heavy atom. The molecule has 0 unspecified atom stereocenters. The van der Waals surface area contributed by atoms with Gasteiger partial charge in [-0.25, -0.2) is 0 Å². The minimum atomic E-state index is 1.10. The highest BCUT2D eigenvalue weighted by Crippen LogP contribution is 2.32. The van der Waals surface area contributed by atoms with E-state index in [1.807, 2.05) is 12.4 Å². The molecule has 0 aliphatic rings. The molecule has 6 rings (SSSR count). The van der Waals surface area contributed by atoms with Crippen molar-refractivity contribution in [3.05, 3.63) is 130 Å². The molecule has 0 saturated heterocycles. The topological polar surface area (TPSA) is 25.8 Å². The highest BCUT2D eigenvalue weighted by molar-refractivity contribution is 5.91. The summed E-state index contributed by atoms with van der Waals surface area (Å²) in [7, 11) is 0. The third-order valence-corrected chi connectivity index (χ3v) is 8.51. The molecule has 0 spiro atoms. The summed E-state index contributed by atoms with van der Waals surface area (Å²) in [5.74, 6) is 0. The first-order valence-corrected chi connectivity index (χ1v) is 14.0. The lowest BCUT2D eigenvalue weighted by Gasteiger charge is -2.14. The molecular weight excluding hydrogens is 484 g/mol. The predicted molar refractivity (Wildman–Crippen MR) is 172 cm³/mol. The lowest BCUT2D eigenvalue weighted by atomic mass is 9.93. The van der Waals surface area contributed by atoms with E-state index in [9.17, 15) is 0 Å². The maximum absolute atomic E-state index is 4.71. The van der Waals surface area contributed by atoms with Crippen molar-refractivity contribution >= 4 is 21.5 Å². The molecule has 0 fully saturated rings. The van der Waals surface area contributed by atoms with Crippen molar-refractivity contribution in [1.82, 2.24) is 9.97 Å². The molecule has 2 nitrogen and oxygen atoms in total. The molecule has 0 N–H and O–H groups in total. The van der Waals surface area contributed by atoms with Gasteiger partial charge in [0.05, 0.1) is 11.4 Å². The lowest BCUT2D eigenvalue weighted by molar-refractivity contribution is 1.23. The second-order valence-electron chi connectivity index (χ2n) is 11.1.